The van der Waals surface area contributed by atoms with E-state index in [0.29, 0.717) is 0 Å². The van der Waals surface area contributed by atoms with E-state index in [0.717, 1.165) is 11.1 Å². The first-order valence-electron chi connectivity index (χ1n) is 7.99. The molecule has 4 heteroatoms. The summed E-state index contributed by atoms with van der Waals surface area (Å²) in [5.74, 6) is -1.04. The number of phenols is 1. The zero-order chi connectivity index (χ0) is 17.5. The maximum atomic E-state index is 12.3. The summed E-state index contributed by atoms with van der Waals surface area (Å²) in [7, 11) is 0. The summed E-state index contributed by atoms with van der Waals surface area (Å²) >= 11 is 0. The van der Waals surface area contributed by atoms with Gasteiger partial charge in [-0.15, -0.1) is 0 Å². The number of esters is 1. The van der Waals surface area contributed by atoms with Crippen LogP contribution in [-0.2, 0) is 20.9 Å². The van der Waals surface area contributed by atoms with Crippen LogP contribution in [0.15, 0.2) is 54.6 Å². The van der Waals surface area contributed by atoms with Crippen molar-refractivity contribution in [3.05, 3.63) is 65.7 Å². The molecule has 0 aliphatic carbocycles. The number of phenolic OH excluding ortho intramolecular Hbond substituents is 1. The summed E-state index contributed by atoms with van der Waals surface area (Å²) in [5, 5.41) is 9.30. The van der Waals surface area contributed by atoms with Gasteiger partial charge in [0, 0.05) is 12.3 Å². The molecule has 0 saturated carbocycles. The van der Waals surface area contributed by atoms with Crippen molar-refractivity contribution in [2.75, 3.05) is 0 Å². The third-order valence-electron chi connectivity index (χ3n) is 4.01. The predicted molar refractivity (Wildman–Crippen MR) is 91.5 cm³/mol. The number of Topliss-reactive ketones (excluding diaryl/α,β-unsaturated/α-hetero) is 1. The molecule has 0 aromatic heterocycles. The molecule has 0 aliphatic rings. The van der Waals surface area contributed by atoms with E-state index in [-0.39, 0.29) is 36.4 Å². The highest BCUT2D eigenvalue weighted by molar-refractivity contribution is 5.89. The third kappa shape index (κ3) is 4.95. The van der Waals surface area contributed by atoms with E-state index in [1.54, 1.807) is 38.1 Å². The Labute approximate surface area is 142 Å². The molecule has 0 heterocycles. The molecule has 2 aromatic rings. The predicted octanol–water partition coefficient (Wildman–Crippen LogP) is 3.83. The second-order valence-electron chi connectivity index (χ2n) is 5.98. The van der Waals surface area contributed by atoms with Gasteiger partial charge in [-0.05, 0) is 23.3 Å². The third-order valence-corrected chi connectivity index (χ3v) is 4.01. The van der Waals surface area contributed by atoms with Gasteiger partial charge in [0.05, 0.1) is 5.92 Å². The second-order valence-corrected chi connectivity index (χ2v) is 5.98. The van der Waals surface area contributed by atoms with Gasteiger partial charge < -0.3 is 9.84 Å². The van der Waals surface area contributed by atoms with Crippen LogP contribution in [0.5, 0.6) is 5.75 Å². The molecule has 0 bridgehead atoms. The number of hydrogen-bond donors (Lipinski definition) is 1. The fourth-order valence-corrected chi connectivity index (χ4v) is 2.38. The highest BCUT2D eigenvalue weighted by Gasteiger charge is 2.23. The van der Waals surface area contributed by atoms with Gasteiger partial charge in [-0.3, -0.25) is 9.59 Å². The Kier molecular flexibility index (Phi) is 6.13. The first-order valence-corrected chi connectivity index (χ1v) is 7.99. The quantitative estimate of drug-likeness (QED) is 0.785. The summed E-state index contributed by atoms with van der Waals surface area (Å²) < 4.78 is 5.27. The Balaban J connectivity index is 1.86. The lowest BCUT2D eigenvalue weighted by Crippen LogP contribution is -2.20. The minimum absolute atomic E-state index is 0.0233. The molecule has 0 radical (unpaired) electrons. The summed E-state index contributed by atoms with van der Waals surface area (Å²) in [6.45, 7) is 3.72. The fourth-order valence-electron chi connectivity index (χ4n) is 2.38. The fraction of sp³-hybridized carbons (Fsp3) is 0.300. The van der Waals surface area contributed by atoms with Crippen molar-refractivity contribution in [3.8, 4) is 5.75 Å². The normalized spacial score (nSPS) is 13.1. The monoisotopic (exact) mass is 326 g/mol. The van der Waals surface area contributed by atoms with Crippen LogP contribution < -0.4 is 0 Å². The van der Waals surface area contributed by atoms with E-state index in [4.69, 9.17) is 4.74 Å². The van der Waals surface area contributed by atoms with Crippen molar-refractivity contribution < 1.29 is 19.4 Å². The van der Waals surface area contributed by atoms with Crippen molar-refractivity contribution in [2.24, 2.45) is 5.92 Å². The standard InChI is InChI=1S/C20H22O4/c1-14(20(23)24-13-16-6-4-3-5-7-16)12-19(22)15(2)17-8-10-18(21)11-9-17/h3-11,14-15,21H,12-13H2,1-2H3/t14-,15+/m1/s1. The molecule has 0 amide bonds. The van der Waals surface area contributed by atoms with Crippen molar-refractivity contribution in [2.45, 2.75) is 32.8 Å². The summed E-state index contributed by atoms with van der Waals surface area (Å²) in [6, 6.07) is 16.0. The number of carbonyl (C=O) groups excluding carboxylic acids is 2. The summed E-state index contributed by atoms with van der Waals surface area (Å²) in [4.78, 5) is 24.4. The zero-order valence-electron chi connectivity index (χ0n) is 13.9. The average molecular weight is 326 g/mol. The van der Waals surface area contributed by atoms with Crippen molar-refractivity contribution in [1.82, 2.24) is 0 Å². The molecule has 24 heavy (non-hydrogen) atoms. The first kappa shape index (κ1) is 17.7. The molecule has 2 rings (SSSR count). The second kappa shape index (κ2) is 8.29. The number of rotatable bonds is 7. The van der Waals surface area contributed by atoms with Crippen molar-refractivity contribution >= 4 is 11.8 Å². The molecule has 2 atom stereocenters. The lowest BCUT2D eigenvalue weighted by Gasteiger charge is -2.15. The number of aromatic hydroxyl groups is 1. The molecule has 2 aromatic carbocycles. The van der Waals surface area contributed by atoms with Gasteiger partial charge in [-0.1, -0.05) is 56.3 Å². The largest absolute Gasteiger partial charge is 0.508 e. The van der Waals surface area contributed by atoms with Crippen LogP contribution in [0.2, 0.25) is 0 Å². The van der Waals surface area contributed by atoms with Crippen LogP contribution in [0, 0.1) is 5.92 Å². The smallest absolute Gasteiger partial charge is 0.309 e. The highest BCUT2D eigenvalue weighted by Crippen LogP contribution is 2.22. The molecular weight excluding hydrogens is 304 g/mol. The number of hydrogen-bond acceptors (Lipinski definition) is 4. The Morgan fingerprint density at radius 3 is 2.25 bits per heavy atom. The van der Waals surface area contributed by atoms with Crippen LogP contribution in [0.4, 0.5) is 0 Å². The van der Waals surface area contributed by atoms with E-state index in [2.05, 4.69) is 0 Å². The number of benzene rings is 2. The van der Waals surface area contributed by atoms with Gasteiger partial charge in [-0.25, -0.2) is 0 Å². The van der Waals surface area contributed by atoms with E-state index in [1.807, 2.05) is 30.3 Å². The van der Waals surface area contributed by atoms with E-state index in [9.17, 15) is 14.7 Å². The minimum Gasteiger partial charge on any atom is -0.508 e. The maximum absolute atomic E-state index is 12.3. The van der Waals surface area contributed by atoms with Crippen LogP contribution in [0.25, 0.3) is 0 Å². The molecule has 0 spiro atoms. The Morgan fingerprint density at radius 1 is 1.00 bits per heavy atom. The van der Waals surface area contributed by atoms with Crippen molar-refractivity contribution in [3.63, 3.8) is 0 Å². The number of ether oxygens (including phenoxy) is 1. The highest BCUT2D eigenvalue weighted by atomic mass is 16.5. The molecular formula is C20H22O4. The van der Waals surface area contributed by atoms with Gasteiger partial charge in [-0.2, -0.15) is 0 Å². The Bertz CT molecular complexity index is 677. The average Bonchev–Trinajstić information content (AvgIpc) is 2.60. The molecule has 0 unspecified atom stereocenters. The van der Waals surface area contributed by atoms with E-state index >= 15 is 0 Å². The maximum Gasteiger partial charge on any atom is 0.309 e. The van der Waals surface area contributed by atoms with Crippen LogP contribution in [-0.4, -0.2) is 16.9 Å². The van der Waals surface area contributed by atoms with Crippen molar-refractivity contribution in [1.29, 1.82) is 0 Å². The first-order chi connectivity index (χ1) is 11.5. The molecule has 1 N–H and O–H groups in total. The van der Waals surface area contributed by atoms with Gasteiger partial charge in [0.15, 0.2) is 0 Å². The number of ketones is 1. The minimum atomic E-state index is -0.485. The Morgan fingerprint density at radius 2 is 1.62 bits per heavy atom. The number of carbonyl (C=O) groups is 2. The molecule has 4 nitrogen and oxygen atoms in total. The topological polar surface area (TPSA) is 63.6 Å². The van der Waals surface area contributed by atoms with Gasteiger partial charge in [0.2, 0.25) is 0 Å². The van der Waals surface area contributed by atoms with Gasteiger partial charge >= 0.3 is 5.97 Å². The van der Waals surface area contributed by atoms with Crippen LogP contribution in [0.1, 0.15) is 37.3 Å². The van der Waals surface area contributed by atoms with E-state index < -0.39 is 5.92 Å². The summed E-state index contributed by atoms with van der Waals surface area (Å²) in [6.07, 6.45) is 0.135. The molecule has 0 fully saturated rings. The summed E-state index contributed by atoms with van der Waals surface area (Å²) in [5.41, 5.74) is 1.74. The van der Waals surface area contributed by atoms with E-state index in [1.165, 1.54) is 0 Å². The SMILES string of the molecule is C[C@H](CC(=O)[C@@H](C)c1ccc(O)cc1)C(=O)OCc1ccccc1. The zero-order valence-corrected chi connectivity index (χ0v) is 13.9. The molecule has 0 aliphatic heterocycles. The lowest BCUT2D eigenvalue weighted by molar-refractivity contribution is -0.150. The van der Waals surface area contributed by atoms with Gasteiger partial charge in [0.1, 0.15) is 18.1 Å². The Hall–Kier alpha value is -2.62. The van der Waals surface area contributed by atoms with Gasteiger partial charge in [0.25, 0.3) is 0 Å². The van der Waals surface area contributed by atoms with Crippen LogP contribution in [0.3, 0.4) is 0 Å². The lowest BCUT2D eigenvalue weighted by atomic mass is 9.91. The molecule has 0 saturated heterocycles. The van der Waals surface area contributed by atoms with Crippen LogP contribution >= 0.6 is 0 Å². The molecule has 126 valence electrons.